The minimum atomic E-state index is -0.200. The molecule has 0 saturated heterocycles. The standard InChI is InChI=1S/C23H32N2O4/c1-28-19-4-3-15(10-20(19)29-2)5-6-24-21(26)14-25-22(27)23-11-16-7-17(12-23)9-18(8-16)13-23/h3-4,10,16-18H,5-9,11-14H2,1-2H3,(H,24,26)(H,25,27). The molecule has 1 aromatic carbocycles. The van der Waals surface area contributed by atoms with Crippen LogP contribution in [0, 0.1) is 23.2 Å². The van der Waals surface area contributed by atoms with Crippen LogP contribution in [0.2, 0.25) is 0 Å². The number of rotatable bonds is 8. The predicted octanol–water partition coefficient (Wildman–Crippen LogP) is 2.70. The minimum absolute atomic E-state index is 0.0620. The molecule has 4 aliphatic rings. The van der Waals surface area contributed by atoms with E-state index in [4.69, 9.17) is 9.47 Å². The molecule has 0 unspecified atom stereocenters. The van der Waals surface area contributed by atoms with Crippen LogP contribution in [0.25, 0.3) is 0 Å². The number of hydrogen-bond acceptors (Lipinski definition) is 4. The molecule has 5 rings (SSSR count). The Morgan fingerprint density at radius 2 is 1.59 bits per heavy atom. The largest absolute Gasteiger partial charge is 0.493 e. The molecule has 1 aromatic rings. The highest BCUT2D eigenvalue weighted by Crippen LogP contribution is 2.60. The third-order valence-corrected chi connectivity index (χ3v) is 7.11. The molecule has 0 atom stereocenters. The number of benzene rings is 1. The number of ether oxygens (including phenoxy) is 2. The molecule has 6 nitrogen and oxygen atoms in total. The van der Waals surface area contributed by atoms with E-state index in [-0.39, 0.29) is 23.8 Å². The smallest absolute Gasteiger partial charge is 0.239 e. The Bertz CT molecular complexity index is 741. The predicted molar refractivity (Wildman–Crippen MR) is 110 cm³/mol. The lowest BCUT2D eigenvalue weighted by Gasteiger charge is -2.55. The molecule has 29 heavy (non-hydrogen) atoms. The van der Waals surface area contributed by atoms with Crippen molar-refractivity contribution in [3.8, 4) is 11.5 Å². The van der Waals surface area contributed by atoms with Gasteiger partial charge in [-0.2, -0.15) is 0 Å². The maximum absolute atomic E-state index is 12.9. The van der Waals surface area contributed by atoms with E-state index in [0.29, 0.717) is 24.5 Å². The van der Waals surface area contributed by atoms with Gasteiger partial charge in [0, 0.05) is 12.0 Å². The Hall–Kier alpha value is -2.24. The van der Waals surface area contributed by atoms with Crippen molar-refractivity contribution in [2.75, 3.05) is 27.3 Å². The molecular formula is C23H32N2O4. The summed E-state index contributed by atoms with van der Waals surface area (Å²) in [6, 6.07) is 5.74. The molecule has 4 aliphatic carbocycles. The highest BCUT2D eigenvalue weighted by Gasteiger charge is 2.54. The van der Waals surface area contributed by atoms with Crippen LogP contribution >= 0.6 is 0 Å². The first-order chi connectivity index (χ1) is 14.0. The van der Waals surface area contributed by atoms with Crippen molar-refractivity contribution in [1.82, 2.24) is 10.6 Å². The average molecular weight is 401 g/mol. The van der Waals surface area contributed by atoms with Crippen LogP contribution in [-0.2, 0) is 16.0 Å². The average Bonchev–Trinajstić information content (AvgIpc) is 2.70. The Morgan fingerprint density at radius 1 is 0.966 bits per heavy atom. The van der Waals surface area contributed by atoms with E-state index in [9.17, 15) is 9.59 Å². The van der Waals surface area contributed by atoms with Crippen molar-refractivity contribution < 1.29 is 19.1 Å². The van der Waals surface area contributed by atoms with Crippen molar-refractivity contribution >= 4 is 11.8 Å². The van der Waals surface area contributed by atoms with Crippen LogP contribution in [-0.4, -0.2) is 39.1 Å². The van der Waals surface area contributed by atoms with Crippen LogP contribution in [0.3, 0.4) is 0 Å². The van der Waals surface area contributed by atoms with Crippen LogP contribution < -0.4 is 20.1 Å². The van der Waals surface area contributed by atoms with E-state index in [2.05, 4.69) is 10.6 Å². The van der Waals surface area contributed by atoms with Gasteiger partial charge in [-0.15, -0.1) is 0 Å². The summed E-state index contributed by atoms with van der Waals surface area (Å²) < 4.78 is 10.6. The van der Waals surface area contributed by atoms with Crippen molar-refractivity contribution in [2.24, 2.45) is 23.2 Å². The Morgan fingerprint density at radius 3 is 2.17 bits per heavy atom. The summed E-state index contributed by atoms with van der Waals surface area (Å²) >= 11 is 0. The zero-order valence-electron chi connectivity index (χ0n) is 17.5. The van der Waals surface area contributed by atoms with Gasteiger partial charge in [0.2, 0.25) is 11.8 Å². The van der Waals surface area contributed by atoms with Gasteiger partial charge in [-0.05, 0) is 80.4 Å². The van der Waals surface area contributed by atoms with Gasteiger partial charge in [-0.25, -0.2) is 0 Å². The Balaban J connectivity index is 1.22. The highest BCUT2D eigenvalue weighted by molar-refractivity contribution is 5.88. The van der Waals surface area contributed by atoms with Gasteiger partial charge in [0.15, 0.2) is 11.5 Å². The molecule has 158 valence electrons. The lowest BCUT2D eigenvalue weighted by molar-refractivity contribution is -0.147. The molecule has 0 aliphatic heterocycles. The molecule has 2 N–H and O–H groups in total. The summed E-state index contributed by atoms with van der Waals surface area (Å²) in [7, 11) is 3.21. The number of amides is 2. The molecule has 4 bridgehead atoms. The van der Waals surface area contributed by atoms with Gasteiger partial charge in [0.1, 0.15) is 0 Å². The first-order valence-electron chi connectivity index (χ1n) is 10.8. The molecule has 2 amide bonds. The summed E-state index contributed by atoms with van der Waals surface area (Å²) in [5.74, 6) is 3.51. The number of carbonyl (C=O) groups is 2. The topological polar surface area (TPSA) is 76.7 Å². The Labute approximate surface area is 172 Å². The zero-order chi connectivity index (χ0) is 20.4. The molecule has 0 spiro atoms. The quantitative estimate of drug-likeness (QED) is 0.703. The van der Waals surface area contributed by atoms with Crippen LogP contribution in [0.15, 0.2) is 18.2 Å². The summed E-state index contributed by atoms with van der Waals surface area (Å²) in [6.07, 6.45) is 7.67. The normalized spacial score (nSPS) is 29.4. The van der Waals surface area contributed by atoms with Gasteiger partial charge < -0.3 is 20.1 Å². The number of carbonyl (C=O) groups excluding carboxylic acids is 2. The summed E-state index contributed by atoms with van der Waals surface area (Å²) in [5.41, 5.74) is 0.856. The monoisotopic (exact) mass is 400 g/mol. The number of methoxy groups -OCH3 is 2. The van der Waals surface area contributed by atoms with Crippen LogP contribution in [0.4, 0.5) is 0 Å². The maximum Gasteiger partial charge on any atom is 0.239 e. The van der Waals surface area contributed by atoms with E-state index < -0.39 is 0 Å². The zero-order valence-corrected chi connectivity index (χ0v) is 17.5. The molecule has 0 radical (unpaired) electrons. The van der Waals surface area contributed by atoms with Gasteiger partial charge >= 0.3 is 0 Å². The van der Waals surface area contributed by atoms with E-state index in [1.165, 1.54) is 19.3 Å². The number of nitrogens with one attached hydrogen (secondary N) is 2. The Kier molecular flexibility index (Phi) is 5.70. The first kappa shape index (κ1) is 20.0. The molecule has 0 heterocycles. The van der Waals surface area contributed by atoms with Crippen LogP contribution in [0.1, 0.15) is 44.1 Å². The second kappa shape index (κ2) is 8.25. The fourth-order valence-electron chi connectivity index (χ4n) is 6.18. The van der Waals surface area contributed by atoms with Gasteiger partial charge in [0.05, 0.1) is 20.8 Å². The fraction of sp³-hybridized carbons (Fsp3) is 0.652. The second-order valence-electron chi connectivity index (χ2n) is 9.17. The van der Waals surface area contributed by atoms with Crippen molar-refractivity contribution in [3.05, 3.63) is 23.8 Å². The van der Waals surface area contributed by atoms with Crippen molar-refractivity contribution in [3.63, 3.8) is 0 Å². The molecular weight excluding hydrogens is 368 g/mol. The number of hydrogen-bond donors (Lipinski definition) is 2. The third-order valence-electron chi connectivity index (χ3n) is 7.11. The summed E-state index contributed by atoms with van der Waals surface area (Å²) in [6.45, 7) is 0.577. The molecule has 0 aromatic heterocycles. The van der Waals surface area contributed by atoms with Crippen LogP contribution in [0.5, 0.6) is 11.5 Å². The summed E-state index contributed by atoms with van der Waals surface area (Å²) in [4.78, 5) is 25.1. The van der Waals surface area contributed by atoms with E-state index in [1.807, 2.05) is 18.2 Å². The van der Waals surface area contributed by atoms with Gasteiger partial charge in [-0.1, -0.05) is 6.07 Å². The van der Waals surface area contributed by atoms with E-state index in [0.717, 1.165) is 42.6 Å². The lowest BCUT2D eigenvalue weighted by atomic mass is 9.49. The maximum atomic E-state index is 12.9. The highest BCUT2D eigenvalue weighted by atomic mass is 16.5. The summed E-state index contributed by atoms with van der Waals surface area (Å²) in [5, 5.41) is 5.83. The van der Waals surface area contributed by atoms with E-state index in [1.54, 1.807) is 14.2 Å². The third kappa shape index (κ3) is 4.21. The SMILES string of the molecule is COc1ccc(CCNC(=O)CNC(=O)C23CC4CC(CC(C4)C2)C3)cc1OC. The second-order valence-corrected chi connectivity index (χ2v) is 9.17. The van der Waals surface area contributed by atoms with Crippen molar-refractivity contribution in [1.29, 1.82) is 0 Å². The minimum Gasteiger partial charge on any atom is -0.493 e. The van der Waals surface area contributed by atoms with E-state index >= 15 is 0 Å². The fourth-order valence-corrected chi connectivity index (χ4v) is 6.18. The molecule has 4 fully saturated rings. The van der Waals surface area contributed by atoms with Gasteiger partial charge in [-0.3, -0.25) is 9.59 Å². The molecule has 4 saturated carbocycles. The van der Waals surface area contributed by atoms with Crippen molar-refractivity contribution in [2.45, 2.75) is 44.9 Å². The molecule has 6 heteroatoms. The first-order valence-corrected chi connectivity index (χ1v) is 10.8. The van der Waals surface area contributed by atoms with Gasteiger partial charge in [0.25, 0.3) is 0 Å². The lowest BCUT2D eigenvalue weighted by Crippen LogP contribution is -2.54.